The van der Waals surface area contributed by atoms with Crippen molar-refractivity contribution in [3.8, 4) is 5.75 Å². The summed E-state index contributed by atoms with van der Waals surface area (Å²) < 4.78 is 19.4. The topological polar surface area (TPSA) is 29.5 Å². The van der Waals surface area contributed by atoms with Crippen LogP contribution in [0.2, 0.25) is 15.1 Å². The molecule has 1 fully saturated rings. The van der Waals surface area contributed by atoms with E-state index in [1.165, 1.54) is 28.8 Å². The fraction of sp³-hybridized carbons (Fsp3) is 0.0833. The summed E-state index contributed by atoms with van der Waals surface area (Å²) in [7, 11) is 0. The Labute approximate surface area is 215 Å². The SMILES string of the molecule is O=C1/C(=C/c2ccc(OCc3ccc(Cl)c(Cl)c3)c(Cl)c2)SC(=S)N1Cc1ccc(F)cc1. The Kier molecular flexibility index (Phi) is 7.62. The molecule has 1 saturated heterocycles. The van der Waals surface area contributed by atoms with Crippen molar-refractivity contribution in [2.24, 2.45) is 0 Å². The molecule has 0 N–H and O–H groups in total. The van der Waals surface area contributed by atoms with Crippen LogP contribution in [0.25, 0.3) is 6.08 Å². The molecule has 9 heteroatoms. The van der Waals surface area contributed by atoms with Gasteiger partial charge < -0.3 is 4.74 Å². The summed E-state index contributed by atoms with van der Waals surface area (Å²) in [5, 5.41) is 1.34. The molecule has 0 atom stereocenters. The van der Waals surface area contributed by atoms with Gasteiger partial charge in [0.2, 0.25) is 0 Å². The molecule has 168 valence electrons. The van der Waals surface area contributed by atoms with E-state index in [0.717, 1.165) is 16.7 Å². The van der Waals surface area contributed by atoms with Gasteiger partial charge in [-0.2, -0.15) is 0 Å². The Bertz CT molecular complexity index is 1270. The van der Waals surface area contributed by atoms with Crippen molar-refractivity contribution >= 4 is 75.1 Å². The number of ether oxygens (including phenoxy) is 1. The summed E-state index contributed by atoms with van der Waals surface area (Å²) in [5.74, 6) is -0.0283. The molecule has 0 spiro atoms. The van der Waals surface area contributed by atoms with Gasteiger partial charge in [0.25, 0.3) is 5.91 Å². The smallest absolute Gasteiger partial charge is 0.266 e. The number of nitrogens with zero attached hydrogens (tertiary/aromatic N) is 1. The first-order valence-corrected chi connectivity index (χ1v) is 12.0. The molecule has 3 aromatic rings. The van der Waals surface area contributed by atoms with Crippen LogP contribution in [0.4, 0.5) is 4.39 Å². The first-order chi connectivity index (χ1) is 15.8. The molecule has 0 aromatic heterocycles. The number of thioether (sulfide) groups is 1. The van der Waals surface area contributed by atoms with E-state index in [9.17, 15) is 9.18 Å². The lowest BCUT2D eigenvalue weighted by atomic mass is 10.2. The highest BCUT2D eigenvalue weighted by molar-refractivity contribution is 8.26. The van der Waals surface area contributed by atoms with E-state index >= 15 is 0 Å². The van der Waals surface area contributed by atoms with Crippen molar-refractivity contribution < 1.29 is 13.9 Å². The molecule has 0 unspecified atom stereocenters. The zero-order valence-electron chi connectivity index (χ0n) is 16.9. The molecule has 1 heterocycles. The lowest BCUT2D eigenvalue weighted by Gasteiger charge is -2.14. The van der Waals surface area contributed by atoms with Gasteiger partial charge in [0.1, 0.15) is 22.5 Å². The summed E-state index contributed by atoms with van der Waals surface area (Å²) in [5.41, 5.74) is 2.39. The van der Waals surface area contributed by atoms with Gasteiger partial charge in [-0.05, 0) is 59.2 Å². The molecule has 1 aliphatic heterocycles. The molecule has 0 saturated carbocycles. The van der Waals surface area contributed by atoms with E-state index in [2.05, 4.69) is 0 Å². The average molecular weight is 539 g/mol. The monoisotopic (exact) mass is 537 g/mol. The van der Waals surface area contributed by atoms with Crippen LogP contribution in [-0.2, 0) is 17.9 Å². The normalized spacial score (nSPS) is 14.9. The van der Waals surface area contributed by atoms with Crippen molar-refractivity contribution in [3.63, 3.8) is 0 Å². The summed E-state index contributed by atoms with van der Waals surface area (Å²) in [6, 6.07) is 16.5. The van der Waals surface area contributed by atoms with E-state index in [0.29, 0.717) is 30.0 Å². The third-order valence-corrected chi connectivity index (χ3v) is 7.17. The van der Waals surface area contributed by atoms with Crippen LogP contribution in [0.1, 0.15) is 16.7 Å². The highest BCUT2D eigenvalue weighted by Crippen LogP contribution is 2.35. The van der Waals surface area contributed by atoms with E-state index in [4.69, 9.17) is 51.8 Å². The predicted molar refractivity (Wildman–Crippen MR) is 137 cm³/mol. The van der Waals surface area contributed by atoms with Crippen LogP contribution in [0, 0.1) is 5.82 Å². The van der Waals surface area contributed by atoms with Gasteiger partial charge in [-0.1, -0.05) is 83.0 Å². The predicted octanol–water partition coefficient (Wildman–Crippen LogP) is 7.77. The molecule has 1 amide bonds. The standard InChI is InChI=1S/C24H15Cl3FNO2S2/c25-18-7-3-16(10-19(18)26)13-31-21-8-4-15(9-20(21)27)11-22-23(30)29(24(32)33-22)12-14-1-5-17(28)6-2-14/h1-11H,12-13H2/b22-11-. The van der Waals surface area contributed by atoms with Gasteiger partial charge in [-0.15, -0.1) is 0 Å². The first kappa shape index (κ1) is 24.0. The quantitative estimate of drug-likeness (QED) is 0.237. The molecule has 1 aliphatic rings. The molecular formula is C24H15Cl3FNO2S2. The van der Waals surface area contributed by atoms with E-state index in [-0.39, 0.29) is 24.9 Å². The molecule has 3 aromatic carbocycles. The molecule has 0 radical (unpaired) electrons. The van der Waals surface area contributed by atoms with Crippen LogP contribution >= 0.6 is 58.8 Å². The Morgan fingerprint density at radius 2 is 1.67 bits per heavy atom. The van der Waals surface area contributed by atoms with Crippen LogP contribution in [0.3, 0.4) is 0 Å². The number of carbonyl (C=O) groups is 1. The van der Waals surface area contributed by atoms with Crippen molar-refractivity contribution in [2.45, 2.75) is 13.2 Å². The zero-order valence-corrected chi connectivity index (χ0v) is 20.8. The van der Waals surface area contributed by atoms with Crippen LogP contribution in [-0.4, -0.2) is 15.1 Å². The van der Waals surface area contributed by atoms with Gasteiger partial charge in [0.15, 0.2) is 0 Å². The molecule has 33 heavy (non-hydrogen) atoms. The maximum atomic E-state index is 13.1. The maximum Gasteiger partial charge on any atom is 0.266 e. The number of hydrogen-bond acceptors (Lipinski definition) is 4. The van der Waals surface area contributed by atoms with E-state index in [1.54, 1.807) is 42.5 Å². The molecular weight excluding hydrogens is 524 g/mol. The van der Waals surface area contributed by atoms with Gasteiger partial charge in [-0.3, -0.25) is 9.69 Å². The number of benzene rings is 3. The number of rotatable bonds is 6. The number of halogens is 4. The Morgan fingerprint density at radius 3 is 2.36 bits per heavy atom. The van der Waals surface area contributed by atoms with Crippen molar-refractivity contribution in [3.05, 3.63) is 103 Å². The summed E-state index contributed by atoms with van der Waals surface area (Å²) in [4.78, 5) is 14.8. The van der Waals surface area contributed by atoms with Gasteiger partial charge in [0, 0.05) is 0 Å². The lowest BCUT2D eigenvalue weighted by Crippen LogP contribution is -2.27. The first-order valence-electron chi connectivity index (χ1n) is 9.66. The van der Waals surface area contributed by atoms with Crippen LogP contribution < -0.4 is 4.74 Å². The number of amides is 1. The molecule has 4 rings (SSSR count). The second-order valence-corrected chi connectivity index (χ2v) is 10.0. The Balaban J connectivity index is 1.44. The van der Waals surface area contributed by atoms with E-state index < -0.39 is 0 Å². The fourth-order valence-corrected chi connectivity index (χ4v) is 4.89. The number of hydrogen-bond donors (Lipinski definition) is 0. The zero-order chi connectivity index (χ0) is 23.5. The van der Waals surface area contributed by atoms with Gasteiger partial charge in [-0.25, -0.2) is 4.39 Å². The lowest BCUT2D eigenvalue weighted by molar-refractivity contribution is -0.122. The number of thiocarbonyl (C=S) groups is 1. The molecule has 3 nitrogen and oxygen atoms in total. The second kappa shape index (κ2) is 10.5. The van der Waals surface area contributed by atoms with Crippen molar-refractivity contribution in [1.29, 1.82) is 0 Å². The minimum absolute atomic E-state index is 0.203. The third kappa shape index (κ3) is 5.89. The minimum atomic E-state index is -0.328. The van der Waals surface area contributed by atoms with Gasteiger partial charge >= 0.3 is 0 Å². The summed E-state index contributed by atoms with van der Waals surface area (Å²) >= 11 is 24.9. The third-order valence-electron chi connectivity index (χ3n) is 4.76. The van der Waals surface area contributed by atoms with Crippen LogP contribution in [0.15, 0.2) is 65.6 Å². The largest absolute Gasteiger partial charge is 0.487 e. The fourth-order valence-electron chi connectivity index (χ4n) is 3.07. The Hall–Kier alpha value is -2.09. The molecule has 0 bridgehead atoms. The maximum absolute atomic E-state index is 13.1. The van der Waals surface area contributed by atoms with Crippen LogP contribution in [0.5, 0.6) is 5.75 Å². The highest BCUT2D eigenvalue weighted by atomic mass is 35.5. The second-order valence-electron chi connectivity index (χ2n) is 7.12. The number of carbonyl (C=O) groups excluding carboxylic acids is 1. The van der Waals surface area contributed by atoms with Crippen molar-refractivity contribution in [2.75, 3.05) is 0 Å². The average Bonchev–Trinajstić information content (AvgIpc) is 3.04. The highest BCUT2D eigenvalue weighted by Gasteiger charge is 2.32. The van der Waals surface area contributed by atoms with Crippen molar-refractivity contribution in [1.82, 2.24) is 4.90 Å². The molecule has 0 aliphatic carbocycles. The van der Waals surface area contributed by atoms with E-state index in [1.807, 2.05) is 12.1 Å². The Morgan fingerprint density at radius 1 is 0.939 bits per heavy atom. The minimum Gasteiger partial charge on any atom is -0.487 e. The summed E-state index contributed by atoms with van der Waals surface area (Å²) in [6.45, 7) is 0.558. The summed E-state index contributed by atoms with van der Waals surface area (Å²) in [6.07, 6.45) is 1.73. The van der Waals surface area contributed by atoms with Gasteiger partial charge in [0.05, 0.1) is 26.5 Å².